The third-order valence-electron chi connectivity index (χ3n) is 2.83. The van der Waals surface area contributed by atoms with E-state index in [1.165, 1.54) is 0 Å². The van der Waals surface area contributed by atoms with Crippen LogP contribution in [0.25, 0.3) is 11.0 Å². The fourth-order valence-electron chi connectivity index (χ4n) is 1.93. The zero-order chi connectivity index (χ0) is 12.3. The van der Waals surface area contributed by atoms with Gasteiger partial charge in [-0.2, -0.15) is 5.26 Å². The van der Waals surface area contributed by atoms with Gasteiger partial charge in [-0.05, 0) is 24.5 Å². The minimum atomic E-state index is 0.337. The highest BCUT2D eigenvalue weighted by Crippen LogP contribution is 2.22. The van der Waals surface area contributed by atoms with E-state index in [4.69, 9.17) is 11.6 Å². The van der Waals surface area contributed by atoms with Gasteiger partial charge in [0.25, 0.3) is 0 Å². The van der Waals surface area contributed by atoms with E-state index in [2.05, 4.69) is 23.0 Å². The van der Waals surface area contributed by atoms with E-state index >= 15 is 0 Å². The van der Waals surface area contributed by atoms with Crippen molar-refractivity contribution in [3.8, 4) is 6.07 Å². The summed E-state index contributed by atoms with van der Waals surface area (Å²) in [7, 11) is 0. The van der Waals surface area contributed by atoms with Crippen LogP contribution in [0.3, 0.4) is 0 Å². The maximum absolute atomic E-state index is 9.26. The lowest BCUT2D eigenvalue weighted by Crippen LogP contribution is -1.91. The molecule has 1 N–H and O–H groups in total. The summed E-state index contributed by atoms with van der Waals surface area (Å²) in [6.45, 7) is 2.14. The standard InChI is InChI=1S/C13H14ClN3/c1-2-3-4-9-5-6-11-13(10(9)8-15)17-12(7-14)16-11/h5-6H,2-4,7H2,1H3,(H,16,17). The molecule has 0 aliphatic rings. The third-order valence-corrected chi connectivity index (χ3v) is 3.08. The summed E-state index contributed by atoms with van der Waals surface area (Å²) in [6.07, 6.45) is 3.14. The predicted molar refractivity (Wildman–Crippen MR) is 69.0 cm³/mol. The molecule has 0 atom stereocenters. The molecule has 0 spiro atoms. The number of rotatable bonds is 4. The summed E-state index contributed by atoms with van der Waals surface area (Å²) in [5, 5.41) is 9.26. The summed E-state index contributed by atoms with van der Waals surface area (Å²) in [5.74, 6) is 1.05. The molecule has 1 aromatic heterocycles. The van der Waals surface area contributed by atoms with Gasteiger partial charge >= 0.3 is 0 Å². The molecule has 0 aliphatic carbocycles. The molecule has 17 heavy (non-hydrogen) atoms. The molecule has 0 radical (unpaired) electrons. The van der Waals surface area contributed by atoms with Crippen molar-refractivity contribution in [3.63, 3.8) is 0 Å². The average Bonchev–Trinajstić information content (AvgIpc) is 2.78. The molecule has 0 bridgehead atoms. The normalized spacial score (nSPS) is 10.6. The summed E-state index contributed by atoms with van der Waals surface area (Å²) in [5.41, 5.74) is 3.40. The lowest BCUT2D eigenvalue weighted by molar-refractivity contribution is 0.794. The number of unbranched alkanes of at least 4 members (excludes halogenated alkanes) is 1. The molecule has 0 amide bonds. The Labute approximate surface area is 105 Å². The van der Waals surface area contributed by atoms with Gasteiger partial charge in [-0.15, -0.1) is 11.6 Å². The number of aromatic amines is 1. The molecule has 3 nitrogen and oxygen atoms in total. The molecular weight excluding hydrogens is 234 g/mol. The van der Waals surface area contributed by atoms with Crippen LogP contribution in [0, 0.1) is 11.3 Å². The number of hydrogen-bond donors (Lipinski definition) is 1. The van der Waals surface area contributed by atoms with Gasteiger partial charge < -0.3 is 4.98 Å². The van der Waals surface area contributed by atoms with Crippen molar-refractivity contribution < 1.29 is 0 Å². The highest BCUT2D eigenvalue weighted by atomic mass is 35.5. The highest BCUT2D eigenvalue weighted by molar-refractivity contribution is 6.16. The van der Waals surface area contributed by atoms with Crippen LogP contribution in [0.1, 0.15) is 36.7 Å². The number of fused-ring (bicyclic) bond motifs is 1. The molecule has 4 heteroatoms. The SMILES string of the molecule is CCCCc1ccc2[nH]c(CCl)nc2c1C#N. The molecule has 2 aromatic rings. The van der Waals surface area contributed by atoms with Crippen LogP contribution in [0.5, 0.6) is 0 Å². The number of nitrogens with zero attached hydrogens (tertiary/aromatic N) is 2. The molecular formula is C13H14ClN3. The first-order valence-corrected chi connectivity index (χ1v) is 6.30. The molecule has 0 unspecified atom stereocenters. The van der Waals surface area contributed by atoms with Crippen LogP contribution in [-0.2, 0) is 12.3 Å². The fourth-order valence-corrected chi connectivity index (χ4v) is 2.06. The number of aryl methyl sites for hydroxylation is 1. The predicted octanol–water partition coefficient (Wildman–Crippen LogP) is 3.52. The first kappa shape index (κ1) is 11.9. The van der Waals surface area contributed by atoms with Gasteiger partial charge in [-0.1, -0.05) is 19.4 Å². The number of aromatic nitrogens is 2. The average molecular weight is 248 g/mol. The zero-order valence-electron chi connectivity index (χ0n) is 9.76. The van der Waals surface area contributed by atoms with Crippen molar-refractivity contribution in [2.75, 3.05) is 0 Å². The van der Waals surface area contributed by atoms with Crippen LogP contribution in [0.4, 0.5) is 0 Å². The Kier molecular flexibility index (Phi) is 3.65. The number of hydrogen-bond acceptors (Lipinski definition) is 2. The van der Waals surface area contributed by atoms with Crippen LogP contribution in [0.2, 0.25) is 0 Å². The summed E-state index contributed by atoms with van der Waals surface area (Å²) < 4.78 is 0. The molecule has 88 valence electrons. The van der Waals surface area contributed by atoms with Gasteiger partial charge in [0.1, 0.15) is 17.4 Å². The summed E-state index contributed by atoms with van der Waals surface area (Å²) in [4.78, 5) is 7.47. The fraction of sp³-hybridized carbons (Fsp3) is 0.385. The molecule has 1 aromatic carbocycles. The topological polar surface area (TPSA) is 52.5 Å². The Balaban J connectivity index is 2.52. The highest BCUT2D eigenvalue weighted by Gasteiger charge is 2.11. The maximum Gasteiger partial charge on any atom is 0.122 e. The second-order valence-corrected chi connectivity index (χ2v) is 4.30. The zero-order valence-corrected chi connectivity index (χ0v) is 10.5. The van der Waals surface area contributed by atoms with E-state index in [1.807, 2.05) is 12.1 Å². The Morgan fingerprint density at radius 1 is 1.47 bits per heavy atom. The summed E-state index contributed by atoms with van der Waals surface area (Å²) >= 11 is 5.74. The maximum atomic E-state index is 9.26. The molecule has 0 fully saturated rings. The van der Waals surface area contributed by atoms with Crippen molar-refractivity contribution >= 4 is 22.6 Å². The van der Waals surface area contributed by atoms with Crippen molar-refractivity contribution in [1.82, 2.24) is 9.97 Å². The van der Waals surface area contributed by atoms with E-state index in [1.54, 1.807) is 0 Å². The Hall–Kier alpha value is -1.53. The first-order chi connectivity index (χ1) is 8.30. The van der Waals surface area contributed by atoms with Gasteiger partial charge in [0.05, 0.1) is 17.0 Å². The van der Waals surface area contributed by atoms with Crippen LogP contribution in [-0.4, -0.2) is 9.97 Å². The third kappa shape index (κ3) is 2.27. The number of alkyl halides is 1. The first-order valence-electron chi connectivity index (χ1n) is 5.76. The van der Waals surface area contributed by atoms with Crippen molar-refractivity contribution in [2.45, 2.75) is 32.1 Å². The summed E-state index contributed by atoms with van der Waals surface area (Å²) in [6, 6.07) is 6.24. The molecule has 0 saturated carbocycles. The lowest BCUT2D eigenvalue weighted by Gasteiger charge is -2.02. The van der Waals surface area contributed by atoms with Crippen LogP contribution < -0.4 is 0 Å². The van der Waals surface area contributed by atoms with E-state index < -0.39 is 0 Å². The monoisotopic (exact) mass is 247 g/mol. The van der Waals surface area contributed by atoms with E-state index in [0.717, 1.165) is 35.9 Å². The Morgan fingerprint density at radius 2 is 2.29 bits per heavy atom. The number of imidazole rings is 1. The van der Waals surface area contributed by atoms with E-state index in [9.17, 15) is 5.26 Å². The molecule has 2 rings (SSSR count). The van der Waals surface area contributed by atoms with E-state index in [-0.39, 0.29) is 0 Å². The molecule has 0 aliphatic heterocycles. The lowest BCUT2D eigenvalue weighted by atomic mass is 10.0. The van der Waals surface area contributed by atoms with Gasteiger partial charge in [0, 0.05) is 0 Å². The smallest absolute Gasteiger partial charge is 0.122 e. The quantitative estimate of drug-likeness (QED) is 0.841. The minimum absolute atomic E-state index is 0.337. The number of H-pyrrole nitrogens is 1. The van der Waals surface area contributed by atoms with Gasteiger partial charge in [-0.3, -0.25) is 0 Å². The second kappa shape index (κ2) is 5.20. The van der Waals surface area contributed by atoms with E-state index in [0.29, 0.717) is 17.3 Å². The van der Waals surface area contributed by atoms with Gasteiger partial charge in [0.15, 0.2) is 0 Å². The second-order valence-electron chi connectivity index (χ2n) is 4.03. The minimum Gasteiger partial charge on any atom is -0.341 e. The number of benzene rings is 1. The van der Waals surface area contributed by atoms with Gasteiger partial charge in [0.2, 0.25) is 0 Å². The number of nitrogens with one attached hydrogen (secondary N) is 1. The largest absolute Gasteiger partial charge is 0.341 e. The molecule has 0 saturated heterocycles. The Bertz CT molecular complexity index is 566. The number of nitriles is 1. The molecule has 1 heterocycles. The number of halogens is 1. The van der Waals surface area contributed by atoms with Crippen molar-refractivity contribution in [2.24, 2.45) is 0 Å². The van der Waals surface area contributed by atoms with Gasteiger partial charge in [-0.25, -0.2) is 4.98 Å². The van der Waals surface area contributed by atoms with Crippen molar-refractivity contribution in [3.05, 3.63) is 29.1 Å². The van der Waals surface area contributed by atoms with Crippen molar-refractivity contribution in [1.29, 1.82) is 5.26 Å². The van der Waals surface area contributed by atoms with Crippen LogP contribution in [0.15, 0.2) is 12.1 Å². The Morgan fingerprint density at radius 3 is 2.94 bits per heavy atom. The van der Waals surface area contributed by atoms with Crippen LogP contribution >= 0.6 is 11.6 Å².